The Morgan fingerprint density at radius 3 is 2.25 bits per heavy atom. The van der Waals surface area contributed by atoms with Crippen molar-refractivity contribution in [2.45, 2.75) is 24.4 Å². The van der Waals surface area contributed by atoms with Crippen molar-refractivity contribution >= 4 is 9.84 Å². The highest BCUT2D eigenvalue weighted by Crippen LogP contribution is 2.19. The molecule has 0 fully saturated rings. The lowest BCUT2D eigenvalue weighted by molar-refractivity contribution is 0.231. The van der Waals surface area contributed by atoms with E-state index in [9.17, 15) is 12.8 Å². The third-order valence-corrected chi connectivity index (χ3v) is 4.27. The predicted molar refractivity (Wildman–Crippen MR) is 61.8 cm³/mol. The first kappa shape index (κ1) is 13.1. The summed E-state index contributed by atoms with van der Waals surface area (Å²) in [4.78, 5) is 0.135. The molecule has 0 aliphatic rings. The van der Waals surface area contributed by atoms with Gasteiger partial charge >= 0.3 is 0 Å². The number of halogens is 1. The lowest BCUT2D eigenvalue weighted by atomic mass is 10.2. The Bertz CT molecular complexity index is 451. The van der Waals surface area contributed by atoms with E-state index in [0.29, 0.717) is 0 Å². The maximum atomic E-state index is 13.6. The molecular formula is C11H16FNO2S. The lowest BCUT2D eigenvalue weighted by Gasteiger charge is -2.17. The zero-order chi connectivity index (χ0) is 12.4. The van der Waals surface area contributed by atoms with Gasteiger partial charge in [0.05, 0.1) is 10.6 Å². The zero-order valence-electron chi connectivity index (χ0n) is 9.40. The highest BCUT2D eigenvalue weighted by atomic mass is 32.2. The quantitative estimate of drug-likeness (QED) is 0.873. The van der Waals surface area contributed by atoms with Crippen molar-refractivity contribution in [3.8, 4) is 0 Å². The van der Waals surface area contributed by atoms with Gasteiger partial charge in [0.2, 0.25) is 0 Å². The number of benzene rings is 1. The Hall–Kier alpha value is -0.940. The molecule has 1 unspecified atom stereocenters. The van der Waals surface area contributed by atoms with Crippen LogP contribution in [0.1, 0.15) is 12.5 Å². The van der Waals surface area contributed by atoms with Gasteiger partial charge < -0.3 is 5.73 Å². The number of aryl methyl sites for hydroxylation is 1. The highest BCUT2D eigenvalue weighted by Gasteiger charge is 2.30. The van der Waals surface area contributed by atoms with E-state index in [-0.39, 0.29) is 11.4 Å². The minimum absolute atomic E-state index is 0.135. The van der Waals surface area contributed by atoms with E-state index in [1.807, 2.05) is 6.92 Å². The van der Waals surface area contributed by atoms with Crippen LogP contribution in [0.4, 0.5) is 4.39 Å². The van der Waals surface area contributed by atoms with Crippen LogP contribution in [0.5, 0.6) is 0 Å². The fourth-order valence-electron chi connectivity index (χ4n) is 1.28. The van der Waals surface area contributed by atoms with Gasteiger partial charge in [-0.1, -0.05) is 17.7 Å². The fourth-order valence-corrected chi connectivity index (χ4v) is 2.91. The average Bonchev–Trinajstić information content (AvgIpc) is 2.17. The van der Waals surface area contributed by atoms with Crippen LogP contribution in [0.25, 0.3) is 0 Å². The molecule has 1 aromatic carbocycles. The van der Waals surface area contributed by atoms with Crippen LogP contribution in [-0.2, 0) is 9.84 Å². The normalized spacial score (nSPS) is 15.8. The predicted octanol–water partition coefficient (Wildman–Crippen LogP) is 1.46. The molecule has 0 saturated heterocycles. The highest BCUT2D eigenvalue weighted by molar-refractivity contribution is 7.91. The van der Waals surface area contributed by atoms with Gasteiger partial charge in [-0.25, -0.2) is 12.8 Å². The summed E-state index contributed by atoms with van der Waals surface area (Å²) >= 11 is 0. The Labute approximate surface area is 95.4 Å². The molecule has 1 atom stereocenters. The summed E-state index contributed by atoms with van der Waals surface area (Å²) in [6.07, 6.45) is 0. The molecule has 90 valence electrons. The minimum Gasteiger partial charge on any atom is -0.328 e. The Kier molecular flexibility index (Phi) is 3.70. The van der Waals surface area contributed by atoms with Gasteiger partial charge in [0.25, 0.3) is 0 Å². The Morgan fingerprint density at radius 1 is 1.31 bits per heavy atom. The van der Waals surface area contributed by atoms with E-state index < -0.39 is 21.3 Å². The molecule has 0 saturated carbocycles. The molecule has 0 aliphatic heterocycles. The largest absolute Gasteiger partial charge is 0.328 e. The average molecular weight is 245 g/mol. The first-order valence-electron chi connectivity index (χ1n) is 4.95. The molecule has 3 nitrogen and oxygen atoms in total. The molecule has 0 bridgehead atoms. The lowest BCUT2D eigenvalue weighted by Crippen LogP contribution is -2.37. The molecule has 2 N–H and O–H groups in total. The summed E-state index contributed by atoms with van der Waals surface area (Å²) in [5.74, 6) is -0.584. The van der Waals surface area contributed by atoms with Crippen molar-refractivity contribution in [2.75, 3.05) is 12.3 Å². The molecule has 1 rings (SSSR count). The van der Waals surface area contributed by atoms with Crippen molar-refractivity contribution in [1.82, 2.24) is 0 Å². The summed E-state index contributed by atoms with van der Waals surface area (Å²) in [6, 6.07) is 6.34. The standard InChI is InChI=1S/C11H16FNO2S/c1-9-3-5-10(6-4-9)16(14,15)8-11(2,12)7-13/h3-6H,7-8,13H2,1-2H3. The van der Waals surface area contributed by atoms with Crippen LogP contribution in [0.3, 0.4) is 0 Å². The molecule has 5 heteroatoms. The number of alkyl halides is 1. The van der Waals surface area contributed by atoms with Gasteiger partial charge in [-0.3, -0.25) is 0 Å². The van der Waals surface area contributed by atoms with Crippen molar-refractivity contribution in [2.24, 2.45) is 5.73 Å². The van der Waals surface area contributed by atoms with E-state index >= 15 is 0 Å². The van der Waals surface area contributed by atoms with E-state index in [1.165, 1.54) is 19.1 Å². The van der Waals surface area contributed by atoms with Gasteiger partial charge in [0.15, 0.2) is 9.84 Å². The Morgan fingerprint density at radius 2 is 1.81 bits per heavy atom. The summed E-state index contributed by atoms with van der Waals surface area (Å²) in [5, 5.41) is 0. The summed E-state index contributed by atoms with van der Waals surface area (Å²) in [6.45, 7) is 2.74. The monoisotopic (exact) mass is 245 g/mol. The first-order valence-corrected chi connectivity index (χ1v) is 6.60. The van der Waals surface area contributed by atoms with Gasteiger partial charge in [0.1, 0.15) is 5.67 Å². The zero-order valence-corrected chi connectivity index (χ0v) is 10.2. The van der Waals surface area contributed by atoms with Crippen LogP contribution in [0, 0.1) is 6.92 Å². The Balaban J connectivity index is 2.99. The SMILES string of the molecule is Cc1ccc(S(=O)(=O)CC(C)(F)CN)cc1. The summed E-state index contributed by atoms with van der Waals surface area (Å²) in [5.41, 5.74) is 4.25. The van der Waals surface area contributed by atoms with Gasteiger partial charge in [-0.15, -0.1) is 0 Å². The topological polar surface area (TPSA) is 60.2 Å². The molecule has 0 spiro atoms. The van der Waals surface area contributed by atoms with Crippen molar-refractivity contribution in [1.29, 1.82) is 0 Å². The van der Waals surface area contributed by atoms with Crippen molar-refractivity contribution in [3.05, 3.63) is 29.8 Å². The second-order valence-electron chi connectivity index (χ2n) is 4.19. The molecule has 0 amide bonds. The van der Waals surface area contributed by atoms with E-state index in [4.69, 9.17) is 5.73 Å². The van der Waals surface area contributed by atoms with Crippen LogP contribution < -0.4 is 5.73 Å². The smallest absolute Gasteiger partial charge is 0.181 e. The molecular weight excluding hydrogens is 229 g/mol. The van der Waals surface area contributed by atoms with E-state index in [1.54, 1.807) is 12.1 Å². The molecule has 1 aromatic rings. The third kappa shape index (κ3) is 3.28. The van der Waals surface area contributed by atoms with Crippen LogP contribution in [-0.4, -0.2) is 26.4 Å². The number of nitrogens with two attached hydrogens (primary N) is 1. The van der Waals surface area contributed by atoms with Crippen LogP contribution >= 0.6 is 0 Å². The van der Waals surface area contributed by atoms with Gasteiger partial charge in [0, 0.05) is 6.54 Å². The number of rotatable bonds is 4. The maximum Gasteiger partial charge on any atom is 0.181 e. The third-order valence-electron chi connectivity index (χ3n) is 2.30. The van der Waals surface area contributed by atoms with Crippen LogP contribution in [0.15, 0.2) is 29.2 Å². The van der Waals surface area contributed by atoms with Crippen LogP contribution in [0.2, 0.25) is 0 Å². The number of sulfone groups is 1. The number of hydrogen-bond donors (Lipinski definition) is 1. The van der Waals surface area contributed by atoms with Crippen molar-refractivity contribution in [3.63, 3.8) is 0 Å². The first-order chi connectivity index (χ1) is 7.27. The van der Waals surface area contributed by atoms with E-state index in [2.05, 4.69) is 0 Å². The summed E-state index contributed by atoms with van der Waals surface area (Å²) in [7, 11) is -3.60. The minimum atomic E-state index is -3.60. The molecule has 16 heavy (non-hydrogen) atoms. The second-order valence-corrected chi connectivity index (χ2v) is 6.18. The molecule has 0 aliphatic carbocycles. The van der Waals surface area contributed by atoms with Gasteiger partial charge in [-0.05, 0) is 26.0 Å². The fraction of sp³-hybridized carbons (Fsp3) is 0.455. The molecule has 0 aromatic heterocycles. The summed E-state index contributed by atoms with van der Waals surface area (Å²) < 4.78 is 37.2. The van der Waals surface area contributed by atoms with E-state index in [0.717, 1.165) is 5.56 Å². The number of hydrogen-bond acceptors (Lipinski definition) is 3. The molecule has 0 radical (unpaired) electrons. The molecule has 0 heterocycles. The van der Waals surface area contributed by atoms with Crippen molar-refractivity contribution < 1.29 is 12.8 Å². The van der Waals surface area contributed by atoms with Gasteiger partial charge in [-0.2, -0.15) is 0 Å². The maximum absolute atomic E-state index is 13.6. The second kappa shape index (κ2) is 4.51.